The number of nitrogens with zero attached hydrogens (tertiary/aromatic N) is 1. The summed E-state index contributed by atoms with van der Waals surface area (Å²) in [5.74, 6) is -0.820. The molecule has 0 N–H and O–H groups in total. The van der Waals surface area contributed by atoms with E-state index >= 15 is 0 Å². The third-order valence-electron chi connectivity index (χ3n) is 2.53. The number of benzene rings is 2. The van der Waals surface area contributed by atoms with Crippen LogP contribution in [0.1, 0.15) is 0 Å². The third kappa shape index (κ3) is 3.96. The summed E-state index contributed by atoms with van der Waals surface area (Å²) in [5, 5.41) is 10.9. The first-order chi connectivity index (χ1) is 10.1. The summed E-state index contributed by atoms with van der Waals surface area (Å²) in [6.07, 6.45) is 0. The van der Waals surface area contributed by atoms with Gasteiger partial charge in [0.05, 0.1) is 15.7 Å². The van der Waals surface area contributed by atoms with Gasteiger partial charge in [-0.2, -0.15) is 0 Å². The molecular formula is C14H11NO5S. The fourth-order valence-corrected chi connectivity index (χ4v) is 2.67. The summed E-state index contributed by atoms with van der Waals surface area (Å²) in [6.45, 7) is 0. The highest BCUT2D eigenvalue weighted by atomic mass is 32.2. The molecule has 1 atom stereocenters. The van der Waals surface area contributed by atoms with Crippen LogP contribution in [0, 0.1) is 10.1 Å². The van der Waals surface area contributed by atoms with Gasteiger partial charge in [-0.25, -0.2) is 0 Å². The summed E-state index contributed by atoms with van der Waals surface area (Å²) in [7, 11) is -1.84. The molecule has 2 aromatic carbocycles. The zero-order valence-electron chi connectivity index (χ0n) is 10.8. The predicted octanol–water partition coefficient (Wildman–Crippen LogP) is 2.31. The smallest absolute Gasteiger partial charge is 0.324 e. The molecule has 0 bridgehead atoms. The Labute approximate surface area is 123 Å². The molecule has 0 aliphatic carbocycles. The molecule has 0 fully saturated rings. The third-order valence-corrected chi connectivity index (χ3v) is 3.86. The van der Waals surface area contributed by atoms with E-state index in [0.29, 0.717) is 5.75 Å². The number of hydrogen-bond donors (Lipinski definition) is 0. The molecule has 0 saturated carbocycles. The maximum absolute atomic E-state index is 12.1. The average molecular weight is 305 g/mol. The molecule has 108 valence electrons. The lowest BCUT2D eigenvalue weighted by atomic mass is 10.3. The minimum absolute atomic E-state index is 0.00696. The quantitative estimate of drug-likeness (QED) is 0.366. The van der Waals surface area contributed by atoms with Crippen LogP contribution < -0.4 is 4.74 Å². The van der Waals surface area contributed by atoms with Gasteiger partial charge in [-0.3, -0.25) is 19.1 Å². The molecule has 0 aromatic heterocycles. The Hall–Kier alpha value is -2.54. The first-order valence-electron chi connectivity index (χ1n) is 5.95. The highest BCUT2D eigenvalue weighted by molar-refractivity contribution is 7.85. The highest BCUT2D eigenvalue weighted by Gasteiger charge is 2.21. The lowest BCUT2D eigenvalue weighted by Gasteiger charge is -2.04. The maximum Gasteiger partial charge on any atom is 0.324 e. The number of rotatable bonds is 5. The Morgan fingerprint density at radius 1 is 1.10 bits per heavy atom. The summed E-state index contributed by atoms with van der Waals surface area (Å²) < 4.78 is 17.1. The Morgan fingerprint density at radius 2 is 1.71 bits per heavy atom. The van der Waals surface area contributed by atoms with Gasteiger partial charge < -0.3 is 4.74 Å². The minimum Gasteiger partial charge on any atom is -0.426 e. The number of hydrogen-bond acceptors (Lipinski definition) is 5. The van der Waals surface area contributed by atoms with E-state index in [4.69, 9.17) is 4.74 Å². The number of ether oxygens (including phenoxy) is 1. The second-order valence-corrected chi connectivity index (χ2v) is 5.42. The van der Waals surface area contributed by atoms with Crippen LogP contribution in [0.2, 0.25) is 0 Å². The molecule has 2 rings (SSSR count). The van der Waals surface area contributed by atoms with Crippen molar-refractivity contribution in [3.8, 4) is 5.75 Å². The zero-order chi connectivity index (χ0) is 15.2. The van der Waals surface area contributed by atoms with E-state index in [1.807, 2.05) is 0 Å². The Morgan fingerprint density at radius 3 is 2.38 bits per heavy atom. The summed E-state index contributed by atoms with van der Waals surface area (Å²) in [5.41, 5.74) is -0.275. The lowest BCUT2D eigenvalue weighted by molar-refractivity contribution is -0.387. The van der Waals surface area contributed by atoms with Crippen molar-refractivity contribution in [1.82, 2.24) is 0 Å². The molecule has 0 heterocycles. The summed E-state index contributed by atoms with van der Waals surface area (Å²) >= 11 is 0. The molecule has 6 nitrogen and oxygen atoms in total. The molecule has 21 heavy (non-hydrogen) atoms. The van der Waals surface area contributed by atoms with Gasteiger partial charge in [0, 0.05) is 6.07 Å². The Kier molecular flexibility index (Phi) is 4.78. The first-order valence-corrected chi connectivity index (χ1v) is 7.27. The number of para-hydroxylation sites is 2. The van der Waals surface area contributed by atoms with Crippen LogP contribution in [0.15, 0.2) is 59.5 Å². The number of nitro benzene ring substituents is 1. The monoisotopic (exact) mass is 305 g/mol. The van der Waals surface area contributed by atoms with E-state index in [0.717, 1.165) is 0 Å². The first kappa shape index (κ1) is 14.9. The normalized spacial score (nSPS) is 11.6. The van der Waals surface area contributed by atoms with Crippen molar-refractivity contribution in [2.75, 3.05) is 5.75 Å². The summed E-state index contributed by atoms with van der Waals surface area (Å²) in [6, 6.07) is 14.0. The fourth-order valence-electron chi connectivity index (χ4n) is 1.63. The van der Waals surface area contributed by atoms with E-state index in [-0.39, 0.29) is 10.6 Å². The van der Waals surface area contributed by atoms with E-state index in [1.54, 1.807) is 30.3 Å². The largest absolute Gasteiger partial charge is 0.426 e. The number of carbonyl (C=O) groups is 1. The van der Waals surface area contributed by atoms with Gasteiger partial charge in [0.15, 0.2) is 0 Å². The standard InChI is InChI=1S/C14H11NO5S/c16-14(20-11-6-2-1-3-7-11)10-21(19)13-9-5-4-8-12(13)15(17)18/h1-9H,10H2/t21-/m1/s1. The molecule has 0 radical (unpaired) electrons. The molecule has 0 saturated heterocycles. The van der Waals surface area contributed by atoms with E-state index < -0.39 is 27.4 Å². The minimum atomic E-state index is -1.84. The van der Waals surface area contributed by atoms with Crippen LogP contribution in [0.4, 0.5) is 5.69 Å². The van der Waals surface area contributed by atoms with Crippen LogP contribution in [-0.2, 0) is 15.6 Å². The Balaban J connectivity index is 2.08. The van der Waals surface area contributed by atoms with Crippen molar-refractivity contribution in [3.63, 3.8) is 0 Å². The number of carbonyl (C=O) groups excluding carboxylic acids is 1. The van der Waals surface area contributed by atoms with Crippen molar-refractivity contribution < 1.29 is 18.7 Å². The van der Waals surface area contributed by atoms with Gasteiger partial charge >= 0.3 is 5.97 Å². The molecule has 0 amide bonds. The second kappa shape index (κ2) is 6.76. The number of nitro groups is 1. The average Bonchev–Trinajstić information content (AvgIpc) is 2.48. The van der Waals surface area contributed by atoms with Crippen molar-refractivity contribution in [2.45, 2.75) is 4.90 Å². The van der Waals surface area contributed by atoms with Crippen LogP contribution in [0.3, 0.4) is 0 Å². The fraction of sp³-hybridized carbons (Fsp3) is 0.0714. The van der Waals surface area contributed by atoms with Gasteiger partial charge in [0.1, 0.15) is 16.4 Å². The SMILES string of the molecule is O=C(C[S@@](=O)c1ccccc1[N+](=O)[O-])Oc1ccccc1. The molecule has 7 heteroatoms. The molecule has 2 aromatic rings. The summed E-state index contributed by atoms with van der Waals surface area (Å²) in [4.78, 5) is 21.9. The second-order valence-electron chi connectivity index (χ2n) is 4.00. The van der Waals surface area contributed by atoms with Crippen LogP contribution in [0.5, 0.6) is 5.75 Å². The Bertz CT molecular complexity index is 687. The van der Waals surface area contributed by atoms with Gasteiger partial charge in [0.25, 0.3) is 5.69 Å². The van der Waals surface area contributed by atoms with Gasteiger partial charge in [0.2, 0.25) is 0 Å². The molecular weight excluding hydrogens is 294 g/mol. The maximum atomic E-state index is 12.1. The van der Waals surface area contributed by atoms with Crippen LogP contribution >= 0.6 is 0 Å². The zero-order valence-corrected chi connectivity index (χ0v) is 11.6. The highest BCUT2D eigenvalue weighted by Crippen LogP contribution is 2.21. The van der Waals surface area contributed by atoms with Crippen LogP contribution in [-0.4, -0.2) is 20.9 Å². The molecule has 0 aliphatic heterocycles. The topological polar surface area (TPSA) is 86.5 Å². The van der Waals surface area contributed by atoms with E-state index in [2.05, 4.69) is 0 Å². The van der Waals surface area contributed by atoms with Gasteiger partial charge in [-0.15, -0.1) is 0 Å². The van der Waals surface area contributed by atoms with Crippen molar-refractivity contribution in [2.24, 2.45) is 0 Å². The number of esters is 1. The lowest BCUT2D eigenvalue weighted by Crippen LogP contribution is -2.17. The van der Waals surface area contributed by atoms with Crippen molar-refractivity contribution in [1.29, 1.82) is 0 Å². The van der Waals surface area contributed by atoms with Crippen molar-refractivity contribution >= 4 is 22.5 Å². The molecule has 0 aliphatic rings. The van der Waals surface area contributed by atoms with Crippen LogP contribution in [0.25, 0.3) is 0 Å². The molecule has 0 spiro atoms. The predicted molar refractivity (Wildman–Crippen MR) is 76.4 cm³/mol. The van der Waals surface area contributed by atoms with Gasteiger partial charge in [-0.1, -0.05) is 30.3 Å². The molecule has 0 unspecified atom stereocenters. The van der Waals surface area contributed by atoms with Crippen molar-refractivity contribution in [3.05, 3.63) is 64.7 Å². The van der Waals surface area contributed by atoms with E-state index in [9.17, 15) is 19.1 Å². The van der Waals surface area contributed by atoms with E-state index in [1.165, 1.54) is 24.3 Å². The van der Waals surface area contributed by atoms with Gasteiger partial charge in [-0.05, 0) is 18.2 Å².